The maximum atomic E-state index is 13.4. The number of alkyl halides is 1. The molecular formula is C20H27FN8. The molecule has 0 aromatic carbocycles. The fourth-order valence-electron chi connectivity index (χ4n) is 4.26. The molecule has 9 heteroatoms. The van der Waals surface area contributed by atoms with Gasteiger partial charge in [-0.2, -0.15) is 15.3 Å². The molecule has 3 heterocycles. The minimum absolute atomic E-state index is 0.252. The number of hydrogen-bond acceptors (Lipinski definition) is 7. The van der Waals surface area contributed by atoms with Crippen LogP contribution in [0.2, 0.25) is 0 Å². The van der Waals surface area contributed by atoms with Crippen molar-refractivity contribution in [1.29, 1.82) is 5.26 Å². The molecule has 0 amide bonds. The molecule has 0 spiro atoms. The molecule has 1 aliphatic carbocycles. The zero-order valence-electron chi connectivity index (χ0n) is 16.9. The number of halogens is 1. The van der Waals surface area contributed by atoms with Gasteiger partial charge in [-0.3, -0.25) is 4.68 Å². The maximum absolute atomic E-state index is 13.4. The summed E-state index contributed by atoms with van der Waals surface area (Å²) in [5, 5.41) is 20.2. The highest BCUT2D eigenvalue weighted by Gasteiger charge is 2.44. The molecular weight excluding hydrogens is 371 g/mol. The largest absolute Gasteiger partial charge is 0.352 e. The van der Waals surface area contributed by atoms with Crippen molar-refractivity contribution in [2.75, 3.05) is 29.9 Å². The van der Waals surface area contributed by atoms with Gasteiger partial charge in [-0.25, -0.2) is 9.37 Å². The standard InChI is InChI=1S/C20H27FN8/c1-14-8-23-19(26-17-10-25-28(2)11-17)27-18(14)29-12-20(13-29,5-6-22)24-9-15-3-4-16(21)7-15/h8,10-11,15-16,24H,3-5,7,9,12-13H2,1-2H3,(H,23,26,27)/t15-,16-/m0/s1. The van der Waals surface area contributed by atoms with Gasteiger partial charge in [-0.15, -0.1) is 0 Å². The molecule has 2 aliphatic rings. The first-order valence-electron chi connectivity index (χ1n) is 10.1. The van der Waals surface area contributed by atoms with Crippen LogP contribution in [0.3, 0.4) is 0 Å². The predicted octanol–water partition coefficient (Wildman–Crippen LogP) is 2.46. The summed E-state index contributed by atoms with van der Waals surface area (Å²) in [7, 11) is 1.85. The Balaban J connectivity index is 1.41. The summed E-state index contributed by atoms with van der Waals surface area (Å²) >= 11 is 0. The van der Waals surface area contributed by atoms with Crippen LogP contribution in [0.15, 0.2) is 18.6 Å². The van der Waals surface area contributed by atoms with Crippen LogP contribution in [0.1, 0.15) is 31.2 Å². The molecule has 4 rings (SSSR count). The Morgan fingerprint density at radius 2 is 2.17 bits per heavy atom. The minimum Gasteiger partial charge on any atom is -0.352 e. The molecule has 0 radical (unpaired) electrons. The molecule has 0 unspecified atom stereocenters. The van der Waals surface area contributed by atoms with E-state index in [2.05, 4.69) is 36.7 Å². The number of nitriles is 1. The number of anilines is 3. The van der Waals surface area contributed by atoms with E-state index in [-0.39, 0.29) is 5.54 Å². The topological polar surface area (TPSA) is 94.7 Å². The molecule has 2 aromatic rings. The first-order chi connectivity index (χ1) is 14.0. The Morgan fingerprint density at radius 3 is 2.83 bits per heavy atom. The van der Waals surface area contributed by atoms with Crippen LogP contribution < -0.4 is 15.5 Å². The number of hydrogen-bond donors (Lipinski definition) is 2. The smallest absolute Gasteiger partial charge is 0.229 e. The van der Waals surface area contributed by atoms with Gasteiger partial charge in [0.25, 0.3) is 0 Å². The van der Waals surface area contributed by atoms with Gasteiger partial charge in [0.1, 0.15) is 12.0 Å². The summed E-state index contributed by atoms with van der Waals surface area (Å²) < 4.78 is 15.2. The fourth-order valence-corrected chi connectivity index (χ4v) is 4.26. The minimum atomic E-state index is -0.666. The Kier molecular flexibility index (Phi) is 5.37. The average molecular weight is 398 g/mol. The molecule has 1 aliphatic heterocycles. The Labute approximate surface area is 170 Å². The van der Waals surface area contributed by atoms with Gasteiger partial charge in [-0.05, 0) is 38.6 Å². The number of nitrogens with zero attached hydrogens (tertiary/aromatic N) is 6. The van der Waals surface area contributed by atoms with E-state index < -0.39 is 6.17 Å². The molecule has 0 bridgehead atoms. The van der Waals surface area contributed by atoms with Crippen molar-refractivity contribution in [2.45, 2.75) is 44.3 Å². The highest BCUT2D eigenvalue weighted by Crippen LogP contribution is 2.33. The Morgan fingerprint density at radius 1 is 1.34 bits per heavy atom. The van der Waals surface area contributed by atoms with E-state index in [0.29, 0.717) is 44.2 Å². The van der Waals surface area contributed by atoms with Crippen molar-refractivity contribution in [1.82, 2.24) is 25.1 Å². The normalized spacial score (nSPS) is 22.9. The third kappa shape index (κ3) is 4.32. The van der Waals surface area contributed by atoms with E-state index in [1.54, 1.807) is 17.1 Å². The maximum Gasteiger partial charge on any atom is 0.229 e. The molecule has 8 nitrogen and oxygen atoms in total. The van der Waals surface area contributed by atoms with Crippen LogP contribution in [0.5, 0.6) is 0 Å². The van der Waals surface area contributed by atoms with Gasteiger partial charge in [-0.1, -0.05) is 0 Å². The molecule has 154 valence electrons. The molecule has 1 saturated heterocycles. The zero-order chi connectivity index (χ0) is 20.4. The quantitative estimate of drug-likeness (QED) is 0.740. The average Bonchev–Trinajstić information content (AvgIpc) is 3.26. The van der Waals surface area contributed by atoms with Crippen molar-refractivity contribution in [2.24, 2.45) is 13.0 Å². The number of nitrogens with one attached hydrogen (secondary N) is 2. The summed E-state index contributed by atoms with van der Waals surface area (Å²) in [5.41, 5.74) is 1.56. The van der Waals surface area contributed by atoms with E-state index in [9.17, 15) is 9.65 Å². The van der Waals surface area contributed by atoms with Crippen molar-refractivity contribution >= 4 is 17.5 Å². The molecule has 2 N–H and O–H groups in total. The Bertz CT molecular complexity index is 898. The van der Waals surface area contributed by atoms with Crippen LogP contribution >= 0.6 is 0 Å². The van der Waals surface area contributed by atoms with Crippen molar-refractivity contribution in [3.63, 3.8) is 0 Å². The lowest BCUT2D eigenvalue weighted by atomic mass is 9.85. The second-order valence-electron chi connectivity index (χ2n) is 8.36. The van der Waals surface area contributed by atoms with Gasteiger partial charge in [0.2, 0.25) is 5.95 Å². The highest BCUT2D eigenvalue weighted by molar-refractivity contribution is 5.57. The molecule has 1 saturated carbocycles. The summed E-state index contributed by atoms with van der Waals surface area (Å²) in [6.07, 6.45) is 7.37. The molecule has 2 fully saturated rings. The van der Waals surface area contributed by atoms with Crippen LogP contribution in [0.4, 0.5) is 21.8 Å². The monoisotopic (exact) mass is 398 g/mol. The number of aromatic nitrogens is 4. The van der Waals surface area contributed by atoms with Gasteiger partial charge < -0.3 is 15.5 Å². The third-order valence-electron chi connectivity index (χ3n) is 5.85. The van der Waals surface area contributed by atoms with E-state index in [0.717, 1.165) is 30.0 Å². The van der Waals surface area contributed by atoms with Crippen molar-refractivity contribution in [3.8, 4) is 6.07 Å². The van der Waals surface area contributed by atoms with Gasteiger partial charge in [0, 0.05) is 38.1 Å². The van der Waals surface area contributed by atoms with Crippen LogP contribution in [0, 0.1) is 24.2 Å². The van der Waals surface area contributed by atoms with Crippen LogP contribution in [-0.2, 0) is 7.05 Å². The highest BCUT2D eigenvalue weighted by atomic mass is 19.1. The Hall–Kier alpha value is -2.73. The first-order valence-corrected chi connectivity index (χ1v) is 10.1. The second-order valence-corrected chi connectivity index (χ2v) is 8.36. The van der Waals surface area contributed by atoms with E-state index in [1.807, 2.05) is 20.2 Å². The summed E-state index contributed by atoms with van der Waals surface area (Å²) in [5.74, 6) is 1.75. The number of rotatable bonds is 7. The SMILES string of the molecule is Cc1cnc(Nc2cnn(C)c2)nc1N1CC(CC#N)(NC[C@H]2CC[C@H](F)C2)C1. The second kappa shape index (κ2) is 7.95. The lowest BCUT2D eigenvalue weighted by Crippen LogP contribution is -2.70. The summed E-state index contributed by atoms with van der Waals surface area (Å²) in [4.78, 5) is 11.2. The summed E-state index contributed by atoms with van der Waals surface area (Å²) in [6, 6.07) is 2.31. The number of aryl methyl sites for hydroxylation is 2. The van der Waals surface area contributed by atoms with Crippen LogP contribution in [0.25, 0.3) is 0 Å². The van der Waals surface area contributed by atoms with E-state index in [1.165, 1.54) is 0 Å². The molecule has 29 heavy (non-hydrogen) atoms. The fraction of sp³-hybridized carbons (Fsp3) is 0.600. The van der Waals surface area contributed by atoms with Crippen molar-refractivity contribution in [3.05, 3.63) is 24.2 Å². The zero-order valence-corrected chi connectivity index (χ0v) is 16.9. The van der Waals surface area contributed by atoms with Gasteiger partial charge >= 0.3 is 0 Å². The first kappa shape index (κ1) is 19.6. The molecule has 2 atom stereocenters. The van der Waals surface area contributed by atoms with Crippen LogP contribution in [-0.4, -0.2) is 51.1 Å². The summed E-state index contributed by atoms with van der Waals surface area (Å²) in [6.45, 7) is 4.17. The lowest BCUT2D eigenvalue weighted by molar-refractivity contribution is 0.239. The van der Waals surface area contributed by atoms with Crippen molar-refractivity contribution < 1.29 is 4.39 Å². The van der Waals surface area contributed by atoms with Gasteiger partial charge in [0.05, 0.1) is 29.9 Å². The van der Waals surface area contributed by atoms with E-state index in [4.69, 9.17) is 0 Å². The predicted molar refractivity (Wildman–Crippen MR) is 109 cm³/mol. The molecule has 2 aromatic heterocycles. The third-order valence-corrected chi connectivity index (χ3v) is 5.85. The van der Waals surface area contributed by atoms with E-state index >= 15 is 0 Å². The van der Waals surface area contributed by atoms with Gasteiger partial charge in [0.15, 0.2) is 0 Å². The lowest BCUT2D eigenvalue weighted by Gasteiger charge is -2.51.